The molecule has 1 aliphatic rings. The van der Waals surface area contributed by atoms with E-state index in [1.807, 2.05) is 0 Å². The fourth-order valence-corrected chi connectivity index (χ4v) is 3.91. The van der Waals surface area contributed by atoms with Gasteiger partial charge in [0, 0.05) is 11.9 Å². The first-order chi connectivity index (χ1) is 8.14. The average molecular weight is 282 g/mol. The third-order valence-corrected chi connectivity index (χ3v) is 5.03. The lowest BCUT2D eigenvalue weighted by atomic mass is 9.97. The molecular weight excluding hydrogens is 258 g/mol. The number of hydrogen-bond acceptors (Lipinski definition) is 2. The zero-order valence-corrected chi connectivity index (χ0v) is 12.0. The molecule has 0 heterocycles. The van der Waals surface area contributed by atoms with Crippen LogP contribution in [0.3, 0.4) is 0 Å². The summed E-state index contributed by atoms with van der Waals surface area (Å²) in [5.74, 6) is 0.759. The highest BCUT2D eigenvalue weighted by Gasteiger charge is 2.18. The molecule has 0 spiro atoms. The van der Waals surface area contributed by atoms with Gasteiger partial charge in [-0.25, -0.2) is 13.1 Å². The third kappa shape index (κ3) is 7.27. The summed E-state index contributed by atoms with van der Waals surface area (Å²) in [5, 5.41) is 0. The molecule has 0 aromatic carbocycles. The normalized spacial score (nSPS) is 19.8. The van der Waals surface area contributed by atoms with Crippen molar-refractivity contribution in [1.82, 2.24) is 4.72 Å². The van der Waals surface area contributed by atoms with Gasteiger partial charge in [0.25, 0.3) is 0 Å². The van der Waals surface area contributed by atoms with E-state index in [9.17, 15) is 8.42 Å². The second-order valence-electron chi connectivity index (χ2n) is 4.87. The van der Waals surface area contributed by atoms with Gasteiger partial charge in [0.15, 0.2) is 0 Å². The molecule has 0 amide bonds. The Balaban J connectivity index is 2.33. The van der Waals surface area contributed by atoms with Gasteiger partial charge in [0.1, 0.15) is 0 Å². The quantitative estimate of drug-likeness (QED) is 0.601. The van der Waals surface area contributed by atoms with Gasteiger partial charge in [-0.3, -0.25) is 0 Å². The summed E-state index contributed by atoms with van der Waals surface area (Å²) < 4.78 is 26.5. The van der Waals surface area contributed by atoms with Crippen LogP contribution >= 0.6 is 11.6 Å². The molecule has 0 bridgehead atoms. The van der Waals surface area contributed by atoms with Crippen LogP contribution in [0.4, 0.5) is 0 Å². The van der Waals surface area contributed by atoms with E-state index in [4.69, 9.17) is 11.6 Å². The van der Waals surface area contributed by atoms with Crippen molar-refractivity contribution in [2.75, 3.05) is 11.6 Å². The number of sulfonamides is 1. The second-order valence-corrected chi connectivity index (χ2v) is 7.13. The summed E-state index contributed by atoms with van der Waals surface area (Å²) in [4.78, 5) is 0. The minimum absolute atomic E-state index is 0.163. The van der Waals surface area contributed by atoms with Crippen LogP contribution in [0.5, 0.6) is 0 Å². The Hall–Kier alpha value is 0.200. The molecule has 1 N–H and O–H groups in total. The van der Waals surface area contributed by atoms with Crippen LogP contribution in [0.15, 0.2) is 0 Å². The van der Waals surface area contributed by atoms with Crippen molar-refractivity contribution in [2.24, 2.45) is 0 Å². The Morgan fingerprint density at radius 1 is 1.00 bits per heavy atom. The third-order valence-electron chi connectivity index (χ3n) is 3.25. The highest BCUT2D eigenvalue weighted by Crippen LogP contribution is 2.17. The van der Waals surface area contributed by atoms with Crippen molar-refractivity contribution < 1.29 is 8.42 Å². The van der Waals surface area contributed by atoms with E-state index in [2.05, 4.69) is 4.72 Å². The van der Waals surface area contributed by atoms with Gasteiger partial charge in [-0.2, -0.15) is 0 Å². The van der Waals surface area contributed by atoms with Crippen molar-refractivity contribution in [3.63, 3.8) is 0 Å². The van der Waals surface area contributed by atoms with Gasteiger partial charge in [-0.05, 0) is 25.7 Å². The molecule has 1 aliphatic carbocycles. The Morgan fingerprint density at radius 3 is 2.18 bits per heavy atom. The Morgan fingerprint density at radius 2 is 1.59 bits per heavy atom. The zero-order valence-electron chi connectivity index (χ0n) is 10.5. The lowest BCUT2D eigenvalue weighted by Gasteiger charge is -2.20. The highest BCUT2D eigenvalue weighted by atomic mass is 35.5. The van der Waals surface area contributed by atoms with E-state index in [1.54, 1.807) is 0 Å². The topological polar surface area (TPSA) is 46.2 Å². The summed E-state index contributed by atoms with van der Waals surface area (Å²) in [7, 11) is -3.09. The van der Waals surface area contributed by atoms with E-state index in [1.165, 1.54) is 19.3 Å². The van der Waals surface area contributed by atoms with Crippen LogP contribution in [-0.2, 0) is 10.0 Å². The zero-order chi connectivity index (χ0) is 12.6. The Labute approximate surface area is 110 Å². The molecule has 0 saturated heterocycles. The lowest BCUT2D eigenvalue weighted by molar-refractivity contribution is 0.426. The van der Waals surface area contributed by atoms with Crippen molar-refractivity contribution in [3.05, 3.63) is 0 Å². The van der Waals surface area contributed by atoms with Crippen LogP contribution in [0.1, 0.15) is 57.8 Å². The molecule has 0 radical (unpaired) electrons. The predicted molar refractivity (Wildman–Crippen MR) is 73.0 cm³/mol. The van der Waals surface area contributed by atoms with Crippen LogP contribution in [0.25, 0.3) is 0 Å². The molecule has 3 nitrogen and oxygen atoms in total. The van der Waals surface area contributed by atoms with Crippen LogP contribution < -0.4 is 4.72 Å². The summed E-state index contributed by atoms with van der Waals surface area (Å²) in [6.45, 7) is 0. The van der Waals surface area contributed by atoms with Crippen molar-refractivity contribution in [1.29, 1.82) is 0 Å². The first-order valence-electron chi connectivity index (χ1n) is 6.70. The molecular formula is C12H24ClNO2S. The number of alkyl halides is 1. The summed E-state index contributed by atoms with van der Waals surface area (Å²) in [5.41, 5.74) is 0. The molecule has 0 aromatic rings. The molecule has 5 heteroatoms. The number of unbranched alkanes of at least 4 members (excludes halogenated alkanes) is 1. The molecule has 0 aromatic heterocycles. The number of hydrogen-bond donors (Lipinski definition) is 1. The molecule has 0 unspecified atom stereocenters. The molecule has 0 atom stereocenters. The molecule has 1 fully saturated rings. The minimum Gasteiger partial charge on any atom is -0.212 e. The smallest absolute Gasteiger partial charge is 0.211 e. The molecule has 0 aliphatic heterocycles. The second kappa shape index (κ2) is 8.33. The van der Waals surface area contributed by atoms with Gasteiger partial charge in [0.2, 0.25) is 10.0 Å². The maximum absolute atomic E-state index is 11.8. The SMILES string of the molecule is O=S(=O)(CCCCCl)NC1CCCCCCC1. The van der Waals surface area contributed by atoms with Crippen LogP contribution in [-0.4, -0.2) is 26.1 Å². The number of halogens is 1. The minimum atomic E-state index is -3.09. The van der Waals surface area contributed by atoms with Crippen LogP contribution in [0.2, 0.25) is 0 Å². The van der Waals surface area contributed by atoms with Gasteiger partial charge in [0.05, 0.1) is 5.75 Å². The standard InChI is InChI=1S/C12H24ClNO2S/c13-10-6-7-11-17(15,16)14-12-8-4-2-1-3-5-9-12/h12,14H,1-11H2. The maximum Gasteiger partial charge on any atom is 0.211 e. The first-order valence-corrected chi connectivity index (χ1v) is 8.89. The largest absolute Gasteiger partial charge is 0.212 e. The fraction of sp³-hybridized carbons (Fsp3) is 1.00. The Bertz CT molecular complexity index is 285. The van der Waals surface area contributed by atoms with Crippen LogP contribution in [0, 0.1) is 0 Å². The van der Waals surface area contributed by atoms with Gasteiger partial charge in [-0.1, -0.05) is 32.1 Å². The van der Waals surface area contributed by atoms with Gasteiger partial charge >= 0.3 is 0 Å². The molecule has 1 rings (SSSR count). The Kier molecular flexibility index (Phi) is 7.47. The summed E-state index contributed by atoms with van der Waals surface area (Å²) in [6, 6.07) is 0.163. The monoisotopic (exact) mass is 281 g/mol. The van der Waals surface area contributed by atoms with Crippen molar-refractivity contribution in [2.45, 2.75) is 63.8 Å². The summed E-state index contributed by atoms with van der Waals surface area (Å²) >= 11 is 5.55. The van der Waals surface area contributed by atoms with Gasteiger partial charge in [-0.15, -0.1) is 11.6 Å². The van der Waals surface area contributed by atoms with Gasteiger partial charge < -0.3 is 0 Å². The van der Waals surface area contributed by atoms with E-state index in [-0.39, 0.29) is 11.8 Å². The lowest BCUT2D eigenvalue weighted by Crippen LogP contribution is -2.36. The summed E-state index contributed by atoms with van der Waals surface area (Å²) in [6.07, 6.45) is 9.50. The number of nitrogens with one attached hydrogen (secondary N) is 1. The maximum atomic E-state index is 11.8. The predicted octanol–water partition coefficient (Wildman–Crippen LogP) is 3.04. The number of rotatable bonds is 6. The van der Waals surface area contributed by atoms with E-state index >= 15 is 0 Å². The first kappa shape index (κ1) is 15.3. The molecule has 102 valence electrons. The van der Waals surface area contributed by atoms with Crippen molar-refractivity contribution >= 4 is 21.6 Å². The highest BCUT2D eigenvalue weighted by molar-refractivity contribution is 7.89. The van der Waals surface area contributed by atoms with E-state index < -0.39 is 10.0 Å². The van der Waals surface area contributed by atoms with E-state index in [0.29, 0.717) is 12.3 Å². The van der Waals surface area contributed by atoms with Crippen molar-refractivity contribution in [3.8, 4) is 0 Å². The molecule has 17 heavy (non-hydrogen) atoms. The molecule has 1 saturated carbocycles. The average Bonchev–Trinajstić information content (AvgIpc) is 2.22. The van der Waals surface area contributed by atoms with E-state index in [0.717, 1.165) is 32.1 Å². The fourth-order valence-electron chi connectivity index (χ4n) is 2.27.